The molecule has 0 unspecified atom stereocenters. The monoisotopic (exact) mass is 324 g/mol. The van der Waals surface area contributed by atoms with E-state index in [0.717, 1.165) is 17.7 Å². The number of methoxy groups -OCH3 is 2. The second-order valence-electron chi connectivity index (χ2n) is 4.56. The third kappa shape index (κ3) is 4.38. The number of nitrogens with zero attached hydrogens (tertiary/aromatic N) is 1. The molecule has 4 nitrogen and oxygen atoms in total. The van der Waals surface area contributed by atoms with Crippen LogP contribution in [0.5, 0.6) is 11.5 Å². The highest BCUT2D eigenvalue weighted by molar-refractivity contribution is 5.81. The van der Waals surface area contributed by atoms with Gasteiger partial charge in [-0.25, -0.2) is 0 Å². The molecule has 0 spiro atoms. The number of alkyl halides is 3. The Labute approximate surface area is 131 Å². The van der Waals surface area contributed by atoms with Gasteiger partial charge >= 0.3 is 6.18 Å². The molecule has 0 aromatic heterocycles. The molecule has 0 aliphatic heterocycles. The summed E-state index contributed by atoms with van der Waals surface area (Å²) in [5, 5.41) is 3.98. The number of rotatable bonds is 5. The van der Waals surface area contributed by atoms with Crippen molar-refractivity contribution in [3.8, 4) is 11.5 Å². The lowest BCUT2D eigenvalue weighted by molar-refractivity contribution is -0.137. The van der Waals surface area contributed by atoms with Crippen molar-refractivity contribution in [2.75, 3.05) is 19.6 Å². The first kappa shape index (κ1) is 16.7. The van der Waals surface area contributed by atoms with Gasteiger partial charge in [0, 0.05) is 0 Å². The van der Waals surface area contributed by atoms with Crippen molar-refractivity contribution in [1.29, 1.82) is 0 Å². The second-order valence-corrected chi connectivity index (χ2v) is 4.56. The SMILES string of the molecule is COc1ccc(C=NNc2ccc(C(F)(F)F)cc2)cc1OC. The summed E-state index contributed by atoms with van der Waals surface area (Å²) in [5.74, 6) is 1.16. The van der Waals surface area contributed by atoms with E-state index in [9.17, 15) is 13.2 Å². The average molecular weight is 324 g/mol. The Morgan fingerprint density at radius 3 is 2.17 bits per heavy atom. The fourth-order valence-corrected chi connectivity index (χ4v) is 1.85. The van der Waals surface area contributed by atoms with E-state index in [4.69, 9.17) is 9.47 Å². The van der Waals surface area contributed by atoms with Gasteiger partial charge < -0.3 is 9.47 Å². The van der Waals surface area contributed by atoms with E-state index in [0.29, 0.717) is 17.2 Å². The molecule has 0 aliphatic carbocycles. The van der Waals surface area contributed by atoms with E-state index in [-0.39, 0.29) is 0 Å². The third-order valence-electron chi connectivity index (χ3n) is 3.03. The minimum Gasteiger partial charge on any atom is -0.493 e. The van der Waals surface area contributed by atoms with Crippen LogP contribution in [0.1, 0.15) is 11.1 Å². The summed E-state index contributed by atoms with van der Waals surface area (Å²) in [4.78, 5) is 0. The van der Waals surface area contributed by atoms with Crippen LogP contribution in [0.25, 0.3) is 0 Å². The van der Waals surface area contributed by atoms with E-state index in [1.165, 1.54) is 32.6 Å². The van der Waals surface area contributed by atoms with Crippen LogP contribution < -0.4 is 14.9 Å². The molecule has 2 rings (SSSR count). The van der Waals surface area contributed by atoms with E-state index in [1.807, 2.05) is 0 Å². The standard InChI is InChI=1S/C16H15F3N2O2/c1-22-14-8-3-11(9-15(14)23-2)10-20-21-13-6-4-12(5-7-13)16(17,18)19/h3-10,21H,1-2H3. The maximum atomic E-state index is 12.5. The predicted octanol–water partition coefficient (Wildman–Crippen LogP) is 4.17. The summed E-state index contributed by atoms with van der Waals surface area (Å²) in [7, 11) is 3.07. The Kier molecular flexibility index (Phi) is 5.10. The molecular formula is C16H15F3N2O2. The van der Waals surface area contributed by atoms with Crippen LogP contribution in [-0.2, 0) is 6.18 Å². The van der Waals surface area contributed by atoms with Crippen LogP contribution in [0, 0.1) is 0 Å². The zero-order valence-electron chi connectivity index (χ0n) is 12.5. The quantitative estimate of drug-likeness (QED) is 0.663. The van der Waals surface area contributed by atoms with Gasteiger partial charge in [-0.05, 0) is 48.0 Å². The molecular weight excluding hydrogens is 309 g/mol. The highest BCUT2D eigenvalue weighted by Crippen LogP contribution is 2.30. The fourth-order valence-electron chi connectivity index (χ4n) is 1.85. The van der Waals surface area contributed by atoms with E-state index in [1.54, 1.807) is 18.2 Å². The Morgan fingerprint density at radius 2 is 1.61 bits per heavy atom. The predicted molar refractivity (Wildman–Crippen MR) is 82.2 cm³/mol. The lowest BCUT2D eigenvalue weighted by Crippen LogP contribution is -2.04. The lowest BCUT2D eigenvalue weighted by atomic mass is 10.2. The van der Waals surface area contributed by atoms with E-state index in [2.05, 4.69) is 10.5 Å². The molecule has 7 heteroatoms. The van der Waals surface area contributed by atoms with Crippen LogP contribution in [-0.4, -0.2) is 20.4 Å². The molecule has 2 aromatic carbocycles. The normalized spacial score (nSPS) is 11.5. The van der Waals surface area contributed by atoms with Crippen molar-refractivity contribution < 1.29 is 22.6 Å². The van der Waals surface area contributed by atoms with Crippen LogP contribution >= 0.6 is 0 Å². The summed E-state index contributed by atoms with van der Waals surface area (Å²) >= 11 is 0. The van der Waals surface area contributed by atoms with Crippen LogP contribution in [0.2, 0.25) is 0 Å². The van der Waals surface area contributed by atoms with Gasteiger partial charge in [0.05, 0.1) is 31.7 Å². The molecule has 2 aromatic rings. The molecule has 0 heterocycles. The van der Waals surface area contributed by atoms with Gasteiger partial charge in [-0.3, -0.25) is 5.43 Å². The summed E-state index contributed by atoms with van der Waals surface area (Å²) in [6.07, 6.45) is -2.82. The minimum atomic E-state index is -4.35. The first-order valence-electron chi connectivity index (χ1n) is 6.62. The van der Waals surface area contributed by atoms with Crippen molar-refractivity contribution in [3.63, 3.8) is 0 Å². The van der Waals surface area contributed by atoms with Crippen LogP contribution in [0.4, 0.5) is 18.9 Å². The first-order valence-corrected chi connectivity index (χ1v) is 6.62. The summed E-state index contributed by atoms with van der Waals surface area (Å²) in [6.45, 7) is 0. The molecule has 122 valence electrons. The maximum absolute atomic E-state index is 12.5. The van der Waals surface area contributed by atoms with Gasteiger partial charge in [-0.2, -0.15) is 18.3 Å². The molecule has 0 aliphatic rings. The molecule has 0 saturated heterocycles. The second kappa shape index (κ2) is 7.04. The Balaban J connectivity index is 2.04. The van der Waals surface area contributed by atoms with Crippen molar-refractivity contribution >= 4 is 11.9 Å². The molecule has 0 radical (unpaired) electrons. The van der Waals surface area contributed by atoms with Crippen molar-refractivity contribution in [2.45, 2.75) is 6.18 Å². The number of hydrazone groups is 1. The maximum Gasteiger partial charge on any atom is 0.416 e. The topological polar surface area (TPSA) is 42.8 Å². The summed E-state index contributed by atoms with van der Waals surface area (Å²) in [5.41, 5.74) is 3.17. The first-order chi connectivity index (χ1) is 10.9. The number of hydrogen-bond acceptors (Lipinski definition) is 4. The molecule has 0 amide bonds. The number of ether oxygens (including phenoxy) is 2. The molecule has 0 atom stereocenters. The number of hydrogen-bond donors (Lipinski definition) is 1. The largest absolute Gasteiger partial charge is 0.493 e. The van der Waals surface area contributed by atoms with Gasteiger partial charge in [-0.1, -0.05) is 0 Å². The lowest BCUT2D eigenvalue weighted by Gasteiger charge is -2.08. The van der Waals surface area contributed by atoms with Gasteiger partial charge in [-0.15, -0.1) is 0 Å². The molecule has 0 saturated carbocycles. The Bertz CT molecular complexity index is 683. The van der Waals surface area contributed by atoms with E-state index < -0.39 is 11.7 Å². The van der Waals surface area contributed by atoms with E-state index >= 15 is 0 Å². The number of halogens is 3. The van der Waals surface area contributed by atoms with Crippen molar-refractivity contribution in [2.24, 2.45) is 5.10 Å². The average Bonchev–Trinajstić information content (AvgIpc) is 2.54. The van der Waals surface area contributed by atoms with Crippen LogP contribution in [0.15, 0.2) is 47.6 Å². The fraction of sp³-hybridized carbons (Fsp3) is 0.188. The van der Waals surface area contributed by atoms with Crippen molar-refractivity contribution in [1.82, 2.24) is 0 Å². The molecule has 0 fully saturated rings. The van der Waals surface area contributed by atoms with Gasteiger partial charge in [0.15, 0.2) is 11.5 Å². The zero-order valence-corrected chi connectivity index (χ0v) is 12.5. The Hall–Kier alpha value is -2.70. The molecule has 1 N–H and O–H groups in total. The Morgan fingerprint density at radius 1 is 0.957 bits per heavy atom. The number of anilines is 1. The van der Waals surface area contributed by atoms with Gasteiger partial charge in [0.25, 0.3) is 0 Å². The number of benzene rings is 2. The van der Waals surface area contributed by atoms with Crippen molar-refractivity contribution in [3.05, 3.63) is 53.6 Å². The number of nitrogens with one attached hydrogen (secondary N) is 1. The highest BCUT2D eigenvalue weighted by Gasteiger charge is 2.29. The summed E-state index contributed by atoms with van der Waals surface area (Å²) in [6, 6.07) is 9.86. The molecule has 0 bridgehead atoms. The highest BCUT2D eigenvalue weighted by atomic mass is 19.4. The van der Waals surface area contributed by atoms with Crippen LogP contribution in [0.3, 0.4) is 0 Å². The molecule has 23 heavy (non-hydrogen) atoms. The minimum absolute atomic E-state index is 0.453. The summed E-state index contributed by atoms with van der Waals surface area (Å²) < 4.78 is 47.7. The zero-order chi connectivity index (χ0) is 16.9. The third-order valence-corrected chi connectivity index (χ3v) is 3.03. The smallest absolute Gasteiger partial charge is 0.416 e. The van der Waals surface area contributed by atoms with Gasteiger partial charge in [0.1, 0.15) is 0 Å². The van der Waals surface area contributed by atoms with Gasteiger partial charge in [0.2, 0.25) is 0 Å².